The highest BCUT2D eigenvalue weighted by atomic mass is 127. The molecule has 0 aliphatic carbocycles. The molecule has 2 heterocycles. The van der Waals surface area contributed by atoms with E-state index in [-0.39, 0.29) is 24.0 Å². The lowest BCUT2D eigenvalue weighted by atomic mass is 10.0. The first-order valence-corrected chi connectivity index (χ1v) is 10.7. The molecule has 1 aliphatic heterocycles. The fourth-order valence-electron chi connectivity index (χ4n) is 3.63. The number of aryl methyl sites for hydroxylation is 1. The number of benzene rings is 1. The van der Waals surface area contributed by atoms with Crippen LogP contribution in [0.25, 0.3) is 0 Å². The normalized spacial score (nSPS) is 14.7. The van der Waals surface area contributed by atoms with Crippen molar-refractivity contribution in [1.29, 1.82) is 0 Å². The first kappa shape index (κ1) is 25.1. The molecule has 0 saturated carbocycles. The molecular weight excluding hydrogens is 507 g/mol. The monoisotopic (exact) mass is 542 g/mol. The number of hydrogen-bond acceptors (Lipinski definition) is 5. The maximum absolute atomic E-state index is 5.41. The van der Waals surface area contributed by atoms with Gasteiger partial charge in [0, 0.05) is 75.0 Å². The van der Waals surface area contributed by atoms with Gasteiger partial charge in [-0.25, -0.2) is 0 Å². The molecule has 0 amide bonds. The van der Waals surface area contributed by atoms with E-state index < -0.39 is 0 Å². The summed E-state index contributed by atoms with van der Waals surface area (Å²) in [4.78, 5) is 7.12. The van der Waals surface area contributed by atoms with Gasteiger partial charge in [-0.05, 0) is 32.3 Å². The molecule has 1 fully saturated rings. The smallest absolute Gasteiger partial charge is 0.191 e. The standard InChI is InChI=1S/C22H34N6O2.HI/c1-4-23-22(24-9-5-11-28-12-6-10-25-28)26-18-7-13-27(14-8-18)19-15-20(29-2)17-21(16-19)30-3;/h6,10,12,15-18H,4-5,7-9,11,13-14H2,1-3H3,(H2,23,24,26);1H. The summed E-state index contributed by atoms with van der Waals surface area (Å²) in [6.45, 7) is 6.57. The summed E-state index contributed by atoms with van der Waals surface area (Å²) in [6, 6.07) is 8.41. The van der Waals surface area contributed by atoms with E-state index in [1.807, 2.05) is 29.2 Å². The maximum atomic E-state index is 5.41. The number of aromatic nitrogens is 2. The highest BCUT2D eigenvalue weighted by Crippen LogP contribution is 2.30. The Morgan fingerprint density at radius 3 is 2.45 bits per heavy atom. The van der Waals surface area contributed by atoms with Crippen LogP contribution < -0.4 is 25.0 Å². The third-order valence-electron chi connectivity index (χ3n) is 5.26. The summed E-state index contributed by atoms with van der Waals surface area (Å²) in [6.07, 6.45) is 6.87. The van der Waals surface area contributed by atoms with Crippen molar-refractivity contribution in [2.75, 3.05) is 45.3 Å². The van der Waals surface area contributed by atoms with Crippen molar-refractivity contribution in [3.63, 3.8) is 0 Å². The fraction of sp³-hybridized carbons (Fsp3) is 0.545. The van der Waals surface area contributed by atoms with E-state index in [0.717, 1.165) is 75.1 Å². The molecule has 9 heteroatoms. The lowest BCUT2D eigenvalue weighted by Gasteiger charge is -2.34. The van der Waals surface area contributed by atoms with E-state index in [0.29, 0.717) is 6.04 Å². The van der Waals surface area contributed by atoms with Gasteiger partial charge in [-0.1, -0.05) is 0 Å². The van der Waals surface area contributed by atoms with Gasteiger partial charge in [0.05, 0.1) is 14.2 Å². The Hall–Kier alpha value is -2.17. The molecule has 0 unspecified atom stereocenters. The van der Waals surface area contributed by atoms with Crippen molar-refractivity contribution in [2.24, 2.45) is 4.99 Å². The summed E-state index contributed by atoms with van der Waals surface area (Å²) < 4.78 is 12.8. The Morgan fingerprint density at radius 2 is 1.87 bits per heavy atom. The molecule has 1 aliphatic rings. The minimum atomic E-state index is 0. The largest absolute Gasteiger partial charge is 0.497 e. The number of methoxy groups -OCH3 is 2. The fourth-order valence-corrected chi connectivity index (χ4v) is 3.63. The van der Waals surface area contributed by atoms with Crippen molar-refractivity contribution in [1.82, 2.24) is 20.4 Å². The zero-order chi connectivity index (χ0) is 21.2. The Morgan fingerprint density at radius 1 is 1.16 bits per heavy atom. The second kappa shape index (κ2) is 13.3. The molecule has 1 aromatic heterocycles. The summed E-state index contributed by atoms with van der Waals surface area (Å²) in [7, 11) is 3.37. The third-order valence-corrected chi connectivity index (χ3v) is 5.26. The third kappa shape index (κ3) is 7.79. The maximum Gasteiger partial charge on any atom is 0.191 e. The number of anilines is 1. The highest BCUT2D eigenvalue weighted by Gasteiger charge is 2.21. The summed E-state index contributed by atoms with van der Waals surface area (Å²) in [5, 5.41) is 11.2. The molecule has 0 bridgehead atoms. The zero-order valence-electron chi connectivity index (χ0n) is 18.7. The summed E-state index contributed by atoms with van der Waals surface area (Å²) >= 11 is 0. The van der Waals surface area contributed by atoms with Crippen molar-refractivity contribution >= 4 is 35.6 Å². The van der Waals surface area contributed by atoms with Gasteiger partial charge >= 0.3 is 0 Å². The number of nitrogens with one attached hydrogen (secondary N) is 2. The lowest BCUT2D eigenvalue weighted by Crippen LogP contribution is -2.48. The predicted octanol–water partition coefficient (Wildman–Crippen LogP) is 3.13. The molecule has 1 aromatic carbocycles. The van der Waals surface area contributed by atoms with Gasteiger partial charge in [-0.2, -0.15) is 5.10 Å². The molecule has 2 N–H and O–H groups in total. The van der Waals surface area contributed by atoms with E-state index in [1.165, 1.54) is 0 Å². The van der Waals surface area contributed by atoms with Crippen LogP contribution in [0.4, 0.5) is 5.69 Å². The minimum absolute atomic E-state index is 0. The summed E-state index contributed by atoms with van der Waals surface area (Å²) in [5.41, 5.74) is 1.14. The van der Waals surface area contributed by atoms with Gasteiger partial charge in [0.2, 0.25) is 0 Å². The summed E-state index contributed by atoms with van der Waals surface area (Å²) in [5.74, 6) is 2.54. The number of nitrogens with zero attached hydrogens (tertiary/aromatic N) is 4. The molecule has 0 radical (unpaired) electrons. The Bertz CT molecular complexity index is 769. The van der Waals surface area contributed by atoms with Gasteiger partial charge in [-0.3, -0.25) is 9.67 Å². The quantitative estimate of drug-likeness (QED) is 0.220. The number of guanidine groups is 1. The molecule has 172 valence electrons. The van der Waals surface area contributed by atoms with Crippen molar-refractivity contribution in [3.05, 3.63) is 36.7 Å². The first-order chi connectivity index (χ1) is 14.7. The van der Waals surface area contributed by atoms with Crippen LogP contribution in [0.15, 0.2) is 41.7 Å². The van der Waals surface area contributed by atoms with Crippen LogP contribution in [0.3, 0.4) is 0 Å². The van der Waals surface area contributed by atoms with E-state index in [1.54, 1.807) is 14.2 Å². The van der Waals surface area contributed by atoms with Crippen LogP contribution in [0.1, 0.15) is 26.2 Å². The average Bonchev–Trinajstić information content (AvgIpc) is 3.30. The van der Waals surface area contributed by atoms with Crippen LogP contribution in [0.2, 0.25) is 0 Å². The molecule has 3 rings (SSSR count). The van der Waals surface area contributed by atoms with Gasteiger partial charge in [0.1, 0.15) is 11.5 Å². The predicted molar refractivity (Wildman–Crippen MR) is 136 cm³/mol. The molecule has 2 aromatic rings. The van der Waals surface area contributed by atoms with Crippen LogP contribution in [0.5, 0.6) is 11.5 Å². The number of rotatable bonds is 9. The van der Waals surface area contributed by atoms with Gasteiger partial charge < -0.3 is 25.0 Å². The molecule has 0 spiro atoms. The van der Waals surface area contributed by atoms with Gasteiger partial charge in [0.25, 0.3) is 0 Å². The lowest BCUT2D eigenvalue weighted by molar-refractivity contribution is 0.393. The number of piperidine rings is 1. The van der Waals surface area contributed by atoms with Gasteiger partial charge in [-0.15, -0.1) is 24.0 Å². The minimum Gasteiger partial charge on any atom is -0.497 e. The highest BCUT2D eigenvalue weighted by molar-refractivity contribution is 14.0. The van der Waals surface area contributed by atoms with Crippen LogP contribution in [-0.2, 0) is 6.54 Å². The topological polar surface area (TPSA) is 75.9 Å². The van der Waals surface area contributed by atoms with Crippen molar-refractivity contribution in [2.45, 2.75) is 38.8 Å². The Labute approximate surface area is 202 Å². The van der Waals surface area contributed by atoms with Crippen LogP contribution in [-0.4, -0.2) is 62.2 Å². The van der Waals surface area contributed by atoms with E-state index in [9.17, 15) is 0 Å². The molecule has 1 saturated heterocycles. The van der Waals surface area contributed by atoms with Crippen LogP contribution in [0, 0.1) is 0 Å². The molecular formula is C22H35IN6O2. The molecule has 8 nitrogen and oxygen atoms in total. The first-order valence-electron chi connectivity index (χ1n) is 10.7. The molecule has 0 atom stereocenters. The number of aliphatic imine (C=N–C) groups is 1. The zero-order valence-corrected chi connectivity index (χ0v) is 21.0. The Balaban J connectivity index is 0.00000341. The number of hydrogen-bond donors (Lipinski definition) is 2. The second-order valence-corrected chi connectivity index (χ2v) is 7.36. The Kier molecular flexibility index (Phi) is 10.8. The van der Waals surface area contributed by atoms with E-state index in [4.69, 9.17) is 14.5 Å². The SMILES string of the molecule is CCNC(=NCCCn1cccn1)NC1CCN(c2cc(OC)cc(OC)c2)CC1.I. The molecule has 31 heavy (non-hydrogen) atoms. The van der Waals surface area contributed by atoms with E-state index in [2.05, 4.69) is 39.7 Å². The number of halogens is 1. The van der Waals surface area contributed by atoms with Crippen molar-refractivity contribution in [3.8, 4) is 11.5 Å². The van der Waals surface area contributed by atoms with Gasteiger partial charge in [0.15, 0.2) is 5.96 Å². The van der Waals surface area contributed by atoms with E-state index >= 15 is 0 Å². The second-order valence-electron chi connectivity index (χ2n) is 7.36. The van der Waals surface area contributed by atoms with Crippen molar-refractivity contribution < 1.29 is 9.47 Å². The number of ether oxygens (including phenoxy) is 2. The average molecular weight is 542 g/mol. The van der Waals surface area contributed by atoms with Crippen LogP contribution >= 0.6 is 24.0 Å².